The van der Waals surface area contributed by atoms with Gasteiger partial charge in [0, 0.05) is 43.4 Å². The summed E-state index contributed by atoms with van der Waals surface area (Å²) in [6.07, 6.45) is 0.773. The molecular weight excluding hydrogens is 410 g/mol. The lowest BCUT2D eigenvalue weighted by Crippen LogP contribution is -2.47. The molecule has 1 heterocycles. The van der Waals surface area contributed by atoms with Crippen LogP contribution in [0, 0.1) is 6.92 Å². The number of sulfonamides is 1. The van der Waals surface area contributed by atoms with Gasteiger partial charge in [-0.2, -0.15) is 0 Å². The molecule has 3 rings (SSSR count). The van der Waals surface area contributed by atoms with Gasteiger partial charge in [0.2, 0.25) is 10.0 Å². The van der Waals surface area contributed by atoms with E-state index in [1.807, 2.05) is 24.3 Å². The minimum atomic E-state index is -3.51. The predicted molar refractivity (Wildman–Crippen MR) is 118 cm³/mol. The van der Waals surface area contributed by atoms with E-state index in [0.717, 1.165) is 44.2 Å². The van der Waals surface area contributed by atoms with Crippen LogP contribution in [0.15, 0.2) is 47.4 Å². The van der Waals surface area contributed by atoms with E-state index >= 15 is 0 Å². The lowest BCUT2D eigenvalue weighted by molar-refractivity contribution is 0.255. The highest BCUT2D eigenvalue weighted by molar-refractivity contribution is 7.89. The van der Waals surface area contributed by atoms with Gasteiger partial charge < -0.3 is 9.64 Å². The van der Waals surface area contributed by atoms with Crippen LogP contribution in [0.25, 0.3) is 0 Å². The number of methoxy groups -OCH3 is 1. The molecule has 1 aliphatic rings. The average Bonchev–Trinajstić information content (AvgIpc) is 2.72. The number of ether oxygens (including phenoxy) is 1. The van der Waals surface area contributed by atoms with Crippen molar-refractivity contribution in [3.8, 4) is 5.75 Å². The lowest BCUT2D eigenvalue weighted by Gasteiger charge is -2.36. The zero-order valence-corrected chi connectivity index (χ0v) is 18.5. The number of hydrogen-bond acceptors (Lipinski definition) is 5. The van der Waals surface area contributed by atoms with Crippen molar-refractivity contribution in [3.05, 3.63) is 53.1 Å². The summed E-state index contributed by atoms with van der Waals surface area (Å²) in [6.45, 7) is 6.91. The Bertz CT molecular complexity index is 911. The van der Waals surface area contributed by atoms with Crippen LogP contribution in [0.1, 0.15) is 12.0 Å². The zero-order valence-electron chi connectivity index (χ0n) is 16.9. The van der Waals surface area contributed by atoms with E-state index in [9.17, 15) is 8.42 Å². The van der Waals surface area contributed by atoms with Crippen molar-refractivity contribution < 1.29 is 13.2 Å². The van der Waals surface area contributed by atoms with Gasteiger partial charge in [0.25, 0.3) is 0 Å². The van der Waals surface area contributed by atoms with Crippen molar-refractivity contribution in [2.24, 2.45) is 0 Å². The predicted octanol–water partition coefficient (Wildman–Crippen LogP) is 3.15. The fourth-order valence-corrected chi connectivity index (χ4v) is 4.94. The smallest absolute Gasteiger partial charge is 0.240 e. The number of anilines is 1. The minimum Gasteiger partial charge on any atom is -0.497 e. The van der Waals surface area contributed by atoms with Gasteiger partial charge in [-0.25, -0.2) is 13.1 Å². The molecule has 0 saturated carbocycles. The molecule has 1 N–H and O–H groups in total. The van der Waals surface area contributed by atoms with Crippen molar-refractivity contribution in [2.75, 3.05) is 51.3 Å². The topological polar surface area (TPSA) is 61.9 Å². The van der Waals surface area contributed by atoms with E-state index in [0.29, 0.717) is 22.8 Å². The Morgan fingerprint density at radius 1 is 1.07 bits per heavy atom. The first-order chi connectivity index (χ1) is 13.9. The minimum absolute atomic E-state index is 0.301. The van der Waals surface area contributed by atoms with Gasteiger partial charge in [-0.05, 0) is 67.9 Å². The lowest BCUT2D eigenvalue weighted by atomic mass is 10.2. The van der Waals surface area contributed by atoms with Gasteiger partial charge in [0.1, 0.15) is 5.75 Å². The highest BCUT2D eigenvalue weighted by Crippen LogP contribution is 2.21. The van der Waals surface area contributed by atoms with Crippen molar-refractivity contribution in [1.29, 1.82) is 0 Å². The molecule has 1 fully saturated rings. The van der Waals surface area contributed by atoms with Crippen molar-refractivity contribution in [2.45, 2.75) is 18.2 Å². The van der Waals surface area contributed by atoms with Gasteiger partial charge in [-0.3, -0.25) is 4.90 Å². The molecule has 158 valence electrons. The van der Waals surface area contributed by atoms with Crippen molar-refractivity contribution >= 4 is 27.3 Å². The first-order valence-corrected chi connectivity index (χ1v) is 11.6. The van der Waals surface area contributed by atoms with E-state index in [1.165, 1.54) is 5.69 Å². The molecule has 8 heteroatoms. The zero-order chi connectivity index (χ0) is 20.9. The average molecular weight is 438 g/mol. The first-order valence-electron chi connectivity index (χ1n) is 9.76. The standard InChI is InChI=1S/C21H28ClN3O3S/c1-17-16-20(28-2)8-9-21(17)29(26,27)23-10-3-11-24-12-14-25(15-13-24)19-6-4-18(22)5-7-19/h4-9,16,23H,3,10-15H2,1-2H3. The summed E-state index contributed by atoms with van der Waals surface area (Å²) in [7, 11) is -1.94. The Morgan fingerprint density at radius 2 is 1.76 bits per heavy atom. The SMILES string of the molecule is COc1ccc(S(=O)(=O)NCCCN2CCN(c3ccc(Cl)cc3)CC2)c(C)c1. The number of benzene rings is 2. The molecule has 29 heavy (non-hydrogen) atoms. The number of rotatable bonds is 8. The van der Waals surface area contributed by atoms with E-state index in [4.69, 9.17) is 16.3 Å². The Balaban J connectivity index is 1.42. The van der Waals surface area contributed by atoms with Crippen molar-refractivity contribution in [3.63, 3.8) is 0 Å². The van der Waals surface area contributed by atoms with Crippen LogP contribution < -0.4 is 14.4 Å². The molecule has 0 amide bonds. The van der Waals surface area contributed by atoms with Gasteiger partial charge >= 0.3 is 0 Å². The maximum Gasteiger partial charge on any atom is 0.240 e. The van der Waals surface area contributed by atoms with Gasteiger partial charge in [0.05, 0.1) is 12.0 Å². The summed E-state index contributed by atoms with van der Waals surface area (Å²) in [6, 6.07) is 12.9. The summed E-state index contributed by atoms with van der Waals surface area (Å²) in [4.78, 5) is 5.02. The largest absolute Gasteiger partial charge is 0.497 e. The van der Waals surface area contributed by atoms with Crippen LogP contribution in [-0.2, 0) is 10.0 Å². The molecule has 0 bridgehead atoms. The molecule has 6 nitrogen and oxygen atoms in total. The highest BCUT2D eigenvalue weighted by Gasteiger charge is 2.19. The number of nitrogens with one attached hydrogen (secondary N) is 1. The number of piperazine rings is 1. The Kier molecular flexibility index (Phi) is 7.40. The van der Waals surface area contributed by atoms with Crippen LogP contribution in [-0.4, -0.2) is 59.7 Å². The van der Waals surface area contributed by atoms with Crippen LogP contribution in [0.4, 0.5) is 5.69 Å². The maximum absolute atomic E-state index is 12.5. The molecule has 0 radical (unpaired) electrons. The second-order valence-electron chi connectivity index (χ2n) is 7.19. The van der Waals surface area contributed by atoms with Gasteiger partial charge in [-0.15, -0.1) is 0 Å². The second kappa shape index (κ2) is 9.80. The number of halogens is 1. The third-order valence-electron chi connectivity index (χ3n) is 5.18. The molecule has 0 unspecified atom stereocenters. The molecule has 0 aromatic heterocycles. The number of aryl methyl sites for hydroxylation is 1. The normalized spacial score (nSPS) is 15.5. The molecule has 1 aliphatic heterocycles. The number of hydrogen-bond donors (Lipinski definition) is 1. The summed E-state index contributed by atoms with van der Waals surface area (Å²) < 4.78 is 32.9. The summed E-state index contributed by atoms with van der Waals surface area (Å²) in [5.41, 5.74) is 1.87. The van der Waals surface area contributed by atoms with Crippen molar-refractivity contribution in [1.82, 2.24) is 9.62 Å². The van der Waals surface area contributed by atoms with E-state index in [2.05, 4.69) is 14.5 Å². The second-order valence-corrected chi connectivity index (χ2v) is 9.36. The quantitative estimate of drug-likeness (QED) is 0.643. The van der Waals surface area contributed by atoms with Gasteiger partial charge in [0.15, 0.2) is 0 Å². The van der Waals surface area contributed by atoms with E-state index in [1.54, 1.807) is 32.2 Å². The molecule has 0 atom stereocenters. The first kappa shape index (κ1) is 21.9. The third-order valence-corrected chi connectivity index (χ3v) is 7.05. The molecule has 2 aromatic rings. The van der Waals surface area contributed by atoms with E-state index in [-0.39, 0.29) is 0 Å². The molecule has 0 aliphatic carbocycles. The van der Waals surface area contributed by atoms with Crippen LogP contribution >= 0.6 is 11.6 Å². The summed E-state index contributed by atoms with van der Waals surface area (Å²) in [5, 5.41) is 0.750. The number of nitrogens with zero attached hydrogens (tertiary/aromatic N) is 2. The summed E-state index contributed by atoms with van der Waals surface area (Å²) >= 11 is 5.96. The third kappa shape index (κ3) is 5.85. The van der Waals surface area contributed by atoms with Gasteiger partial charge in [-0.1, -0.05) is 11.6 Å². The molecule has 0 spiro atoms. The fourth-order valence-electron chi connectivity index (χ4n) is 3.52. The fraction of sp³-hybridized carbons (Fsp3) is 0.429. The molecule has 1 saturated heterocycles. The Labute approximate surface area is 178 Å². The van der Waals surface area contributed by atoms with Crippen LogP contribution in [0.3, 0.4) is 0 Å². The maximum atomic E-state index is 12.5. The highest BCUT2D eigenvalue weighted by atomic mass is 35.5. The van der Waals surface area contributed by atoms with E-state index < -0.39 is 10.0 Å². The monoisotopic (exact) mass is 437 g/mol. The molecular formula is C21H28ClN3O3S. The van der Waals surface area contributed by atoms with Crippen LogP contribution in [0.5, 0.6) is 5.75 Å². The Morgan fingerprint density at radius 3 is 2.38 bits per heavy atom. The Hall–Kier alpha value is -1.80. The summed E-state index contributed by atoms with van der Waals surface area (Å²) in [5.74, 6) is 0.652. The van der Waals surface area contributed by atoms with Crippen LogP contribution in [0.2, 0.25) is 5.02 Å². The molecule has 2 aromatic carbocycles.